The average Bonchev–Trinajstić information content (AvgIpc) is 2.65. The molecule has 0 aliphatic carbocycles. The zero-order chi connectivity index (χ0) is 20.6. The van der Waals surface area contributed by atoms with Gasteiger partial charge < -0.3 is 14.1 Å². The van der Waals surface area contributed by atoms with E-state index in [2.05, 4.69) is 0 Å². The van der Waals surface area contributed by atoms with Gasteiger partial charge in [0.05, 0.1) is 11.5 Å². The summed E-state index contributed by atoms with van der Waals surface area (Å²) >= 11 is 0. The maximum absolute atomic E-state index is 12.7. The summed E-state index contributed by atoms with van der Waals surface area (Å²) in [5, 5.41) is 0.823. The van der Waals surface area contributed by atoms with Crippen LogP contribution in [0.25, 0.3) is 11.0 Å². The van der Waals surface area contributed by atoms with Crippen LogP contribution in [0.2, 0.25) is 0 Å². The van der Waals surface area contributed by atoms with Gasteiger partial charge >= 0.3 is 5.63 Å². The first-order valence-electron chi connectivity index (χ1n) is 9.27. The third-order valence-corrected chi connectivity index (χ3v) is 7.22. The van der Waals surface area contributed by atoms with Crippen molar-refractivity contribution in [3.63, 3.8) is 0 Å². The fourth-order valence-electron chi connectivity index (χ4n) is 3.49. The topological polar surface area (TPSA) is 93.9 Å². The Hall–Kier alpha value is -2.35. The summed E-state index contributed by atoms with van der Waals surface area (Å²) in [7, 11) is -1.30. The fourth-order valence-corrected chi connectivity index (χ4v) is 4.95. The lowest BCUT2D eigenvalue weighted by Crippen LogP contribution is -2.47. The lowest BCUT2D eigenvalue weighted by Gasteiger charge is -2.32. The normalized spacial score (nSPS) is 18.0. The lowest BCUT2D eigenvalue weighted by atomic mass is 10.1. The minimum Gasteiger partial charge on any atom is -0.481 e. The number of aryl methyl sites for hydroxylation is 1. The molecule has 2 heterocycles. The van der Waals surface area contributed by atoms with Gasteiger partial charge in [-0.3, -0.25) is 4.79 Å². The summed E-state index contributed by atoms with van der Waals surface area (Å²) in [6, 6.07) is 5.05. The second-order valence-corrected chi connectivity index (χ2v) is 9.69. The number of amides is 1. The van der Waals surface area contributed by atoms with Crippen molar-refractivity contribution in [3.8, 4) is 5.75 Å². The molecule has 0 N–H and O–H groups in total. The predicted molar refractivity (Wildman–Crippen MR) is 106 cm³/mol. The molecule has 152 valence electrons. The number of likely N-dealkylation sites (N-methyl/N-ethyl adjacent to an activating group) is 1. The maximum Gasteiger partial charge on any atom is 0.339 e. The SMILES string of the molecule is Cc1c(C)c2ccc(OC(C)C(=O)N(C)C3CCS(=O)(=O)CC3)cc2oc1=O. The highest BCUT2D eigenvalue weighted by Crippen LogP contribution is 2.25. The van der Waals surface area contributed by atoms with Crippen LogP contribution >= 0.6 is 0 Å². The van der Waals surface area contributed by atoms with Crippen LogP contribution in [0, 0.1) is 13.8 Å². The fraction of sp³-hybridized carbons (Fsp3) is 0.500. The molecule has 1 aromatic carbocycles. The molecule has 1 fully saturated rings. The Kier molecular flexibility index (Phi) is 5.52. The number of hydrogen-bond acceptors (Lipinski definition) is 6. The van der Waals surface area contributed by atoms with Crippen LogP contribution in [0.15, 0.2) is 27.4 Å². The van der Waals surface area contributed by atoms with Gasteiger partial charge in [0.15, 0.2) is 6.10 Å². The lowest BCUT2D eigenvalue weighted by molar-refractivity contribution is -0.138. The van der Waals surface area contributed by atoms with Crippen LogP contribution in [-0.2, 0) is 14.6 Å². The Labute approximate surface area is 164 Å². The third kappa shape index (κ3) is 4.06. The van der Waals surface area contributed by atoms with Crippen molar-refractivity contribution < 1.29 is 22.4 Å². The molecule has 1 unspecified atom stereocenters. The molecule has 0 radical (unpaired) electrons. The first-order chi connectivity index (χ1) is 13.1. The van der Waals surface area contributed by atoms with Gasteiger partial charge in [0.25, 0.3) is 5.91 Å². The molecule has 1 aromatic heterocycles. The summed E-state index contributed by atoms with van der Waals surface area (Å²) in [5.41, 5.74) is 1.45. The average molecular weight is 407 g/mol. The van der Waals surface area contributed by atoms with Gasteiger partial charge in [0.1, 0.15) is 21.2 Å². The van der Waals surface area contributed by atoms with Gasteiger partial charge in [-0.1, -0.05) is 0 Å². The van der Waals surface area contributed by atoms with Crippen molar-refractivity contribution in [2.75, 3.05) is 18.6 Å². The van der Waals surface area contributed by atoms with Gasteiger partial charge in [0.2, 0.25) is 0 Å². The van der Waals surface area contributed by atoms with Crippen LogP contribution in [0.1, 0.15) is 30.9 Å². The van der Waals surface area contributed by atoms with Gasteiger partial charge in [0, 0.05) is 30.1 Å². The molecule has 3 rings (SSSR count). The van der Waals surface area contributed by atoms with E-state index in [1.165, 1.54) is 0 Å². The summed E-state index contributed by atoms with van der Waals surface area (Å²) < 4.78 is 34.3. The van der Waals surface area contributed by atoms with Crippen LogP contribution in [0.5, 0.6) is 5.75 Å². The summed E-state index contributed by atoms with van der Waals surface area (Å²) in [6.07, 6.45) is 0.132. The van der Waals surface area contributed by atoms with Crippen LogP contribution in [0.3, 0.4) is 0 Å². The molecular formula is C20H25NO6S. The van der Waals surface area contributed by atoms with Gasteiger partial charge in [-0.25, -0.2) is 13.2 Å². The molecule has 1 aliphatic heterocycles. The molecule has 2 aromatic rings. The summed E-state index contributed by atoms with van der Waals surface area (Å²) in [4.78, 5) is 26.2. The van der Waals surface area contributed by atoms with E-state index in [-0.39, 0.29) is 23.5 Å². The van der Waals surface area contributed by atoms with Gasteiger partial charge in [-0.2, -0.15) is 0 Å². The van der Waals surface area contributed by atoms with Crippen LogP contribution in [-0.4, -0.2) is 49.9 Å². The van der Waals surface area contributed by atoms with Crippen LogP contribution in [0.4, 0.5) is 0 Å². The van der Waals surface area contributed by atoms with E-state index in [0.717, 1.165) is 10.9 Å². The first-order valence-corrected chi connectivity index (χ1v) is 11.1. The minimum atomic E-state index is -2.98. The van der Waals surface area contributed by atoms with E-state index >= 15 is 0 Å². The Morgan fingerprint density at radius 2 is 1.86 bits per heavy atom. The highest BCUT2D eigenvalue weighted by molar-refractivity contribution is 7.91. The van der Waals surface area contributed by atoms with Crippen molar-refractivity contribution in [1.29, 1.82) is 0 Å². The zero-order valence-corrected chi connectivity index (χ0v) is 17.3. The number of fused-ring (bicyclic) bond motifs is 1. The smallest absolute Gasteiger partial charge is 0.339 e. The number of ether oxygens (including phenoxy) is 1. The zero-order valence-electron chi connectivity index (χ0n) is 16.5. The van der Waals surface area contributed by atoms with E-state index in [4.69, 9.17) is 9.15 Å². The molecule has 1 amide bonds. The maximum atomic E-state index is 12.7. The van der Waals surface area contributed by atoms with Gasteiger partial charge in [-0.15, -0.1) is 0 Å². The van der Waals surface area contributed by atoms with Crippen molar-refractivity contribution in [2.45, 2.75) is 45.8 Å². The molecule has 0 saturated carbocycles. The molecule has 8 heteroatoms. The molecule has 1 aliphatic rings. The third-order valence-electron chi connectivity index (χ3n) is 5.51. The highest BCUT2D eigenvalue weighted by Gasteiger charge is 2.31. The van der Waals surface area contributed by atoms with E-state index in [0.29, 0.717) is 29.7 Å². The van der Waals surface area contributed by atoms with Crippen molar-refractivity contribution in [3.05, 3.63) is 39.7 Å². The largest absolute Gasteiger partial charge is 0.481 e. The van der Waals surface area contributed by atoms with E-state index in [1.54, 1.807) is 37.9 Å². The standard InChI is InChI=1S/C20H25NO6S/c1-12-13(2)20(23)27-18-11-16(5-6-17(12)18)26-14(3)19(22)21(4)15-7-9-28(24,25)10-8-15/h5-6,11,14-15H,7-10H2,1-4H3. The number of hydrogen-bond donors (Lipinski definition) is 0. The second-order valence-electron chi connectivity index (χ2n) is 7.39. The number of carbonyl (C=O) groups excluding carboxylic acids is 1. The summed E-state index contributed by atoms with van der Waals surface area (Å²) in [6.45, 7) is 5.23. The van der Waals surface area contributed by atoms with E-state index in [9.17, 15) is 18.0 Å². The second kappa shape index (κ2) is 7.58. The van der Waals surface area contributed by atoms with Crippen LogP contribution < -0.4 is 10.4 Å². The predicted octanol–water partition coefficient (Wildman–Crippen LogP) is 2.21. The molecule has 28 heavy (non-hydrogen) atoms. The number of benzene rings is 1. The van der Waals surface area contributed by atoms with E-state index < -0.39 is 21.6 Å². The van der Waals surface area contributed by atoms with E-state index in [1.807, 2.05) is 13.0 Å². The van der Waals surface area contributed by atoms with Gasteiger partial charge in [-0.05, 0) is 51.3 Å². The minimum absolute atomic E-state index is 0.104. The molecule has 1 saturated heterocycles. The number of carbonyl (C=O) groups is 1. The Morgan fingerprint density at radius 3 is 2.50 bits per heavy atom. The van der Waals surface area contributed by atoms with Crippen molar-refractivity contribution in [2.24, 2.45) is 0 Å². The molecule has 0 bridgehead atoms. The number of nitrogens with zero attached hydrogens (tertiary/aromatic N) is 1. The molecular weight excluding hydrogens is 382 g/mol. The summed E-state index contributed by atoms with van der Waals surface area (Å²) in [5.74, 6) is 0.422. The Morgan fingerprint density at radius 1 is 1.21 bits per heavy atom. The number of rotatable bonds is 4. The Bertz CT molecular complexity index is 1060. The highest BCUT2D eigenvalue weighted by atomic mass is 32.2. The van der Waals surface area contributed by atoms with Crippen molar-refractivity contribution >= 4 is 26.7 Å². The molecule has 7 nitrogen and oxygen atoms in total. The van der Waals surface area contributed by atoms with Crippen molar-refractivity contribution in [1.82, 2.24) is 4.90 Å². The Balaban J connectivity index is 1.73. The first kappa shape index (κ1) is 20.4. The quantitative estimate of drug-likeness (QED) is 0.722. The monoisotopic (exact) mass is 407 g/mol. The number of sulfone groups is 1. The molecule has 1 atom stereocenters. The molecule has 0 spiro atoms.